The van der Waals surface area contributed by atoms with E-state index in [4.69, 9.17) is 4.74 Å². The normalized spacial score (nSPS) is 17.7. The molecule has 14 heteroatoms. The summed E-state index contributed by atoms with van der Waals surface area (Å²) in [6, 6.07) is 0. The minimum absolute atomic E-state index is 0.0977. The maximum absolute atomic E-state index is 13.9. The lowest BCUT2D eigenvalue weighted by atomic mass is 9.88. The Morgan fingerprint density at radius 2 is 1.66 bits per heavy atom. The van der Waals surface area contributed by atoms with Gasteiger partial charge in [-0.3, -0.25) is 4.79 Å². The summed E-state index contributed by atoms with van der Waals surface area (Å²) in [5.41, 5.74) is -0.0828. The number of esters is 1. The van der Waals surface area contributed by atoms with Crippen molar-refractivity contribution in [3.05, 3.63) is 16.0 Å². The van der Waals surface area contributed by atoms with Gasteiger partial charge < -0.3 is 10.1 Å². The van der Waals surface area contributed by atoms with Crippen molar-refractivity contribution in [3.63, 3.8) is 0 Å². The lowest BCUT2D eigenvalue weighted by Crippen LogP contribution is -2.64. The quantitative estimate of drug-likeness (QED) is 0.379. The van der Waals surface area contributed by atoms with Crippen molar-refractivity contribution in [1.29, 1.82) is 0 Å². The molecule has 1 aromatic rings. The van der Waals surface area contributed by atoms with Gasteiger partial charge in [-0.15, -0.1) is 11.3 Å². The Bertz CT molecular complexity index is 880. The van der Waals surface area contributed by atoms with Crippen molar-refractivity contribution in [2.24, 2.45) is 5.92 Å². The molecule has 0 fully saturated rings. The van der Waals surface area contributed by atoms with Crippen LogP contribution in [-0.4, -0.2) is 42.4 Å². The molecule has 0 aromatic carbocycles. The van der Waals surface area contributed by atoms with E-state index >= 15 is 0 Å². The van der Waals surface area contributed by atoms with Crippen LogP contribution in [0.5, 0.6) is 0 Å². The van der Waals surface area contributed by atoms with Gasteiger partial charge in [-0.25, -0.2) is 4.79 Å². The molecule has 4 nitrogen and oxygen atoms in total. The van der Waals surface area contributed by atoms with Crippen LogP contribution in [0.25, 0.3) is 0 Å². The van der Waals surface area contributed by atoms with E-state index in [0.29, 0.717) is 41.0 Å². The number of nitrogens with one attached hydrogen (secondary N) is 1. The van der Waals surface area contributed by atoms with Crippen molar-refractivity contribution in [3.8, 4) is 0 Å². The minimum Gasteiger partial charge on any atom is -0.462 e. The van der Waals surface area contributed by atoms with Crippen LogP contribution in [-0.2, 0) is 22.4 Å². The van der Waals surface area contributed by atoms with Crippen LogP contribution in [0.15, 0.2) is 0 Å². The molecular formula is C18H18F9NO3S. The second-order valence-electron chi connectivity index (χ2n) is 7.37. The van der Waals surface area contributed by atoms with E-state index in [2.05, 4.69) is 0 Å². The summed E-state index contributed by atoms with van der Waals surface area (Å²) in [5, 5.41) is 0.578. The third kappa shape index (κ3) is 4.42. The van der Waals surface area contributed by atoms with Gasteiger partial charge in [-0.05, 0) is 37.2 Å². The number of halogens is 9. The maximum atomic E-state index is 13.9. The van der Waals surface area contributed by atoms with Crippen molar-refractivity contribution < 1.29 is 53.8 Å². The van der Waals surface area contributed by atoms with Gasteiger partial charge in [-0.2, -0.15) is 39.5 Å². The van der Waals surface area contributed by atoms with Gasteiger partial charge in [0.2, 0.25) is 0 Å². The summed E-state index contributed by atoms with van der Waals surface area (Å²) in [6.45, 7) is 3.38. The van der Waals surface area contributed by atoms with Crippen molar-refractivity contribution in [2.75, 3.05) is 11.9 Å². The van der Waals surface area contributed by atoms with E-state index in [1.54, 1.807) is 6.92 Å². The van der Waals surface area contributed by atoms with E-state index < -0.39 is 46.4 Å². The lowest BCUT2D eigenvalue weighted by molar-refractivity contribution is -0.388. The molecule has 1 atom stereocenters. The lowest BCUT2D eigenvalue weighted by Gasteiger charge is -2.32. The van der Waals surface area contributed by atoms with Gasteiger partial charge in [0.1, 0.15) is 5.00 Å². The summed E-state index contributed by atoms with van der Waals surface area (Å²) in [5.74, 6) is -24.8. The number of rotatable bonds is 7. The first-order valence-electron chi connectivity index (χ1n) is 9.32. The third-order valence-corrected chi connectivity index (χ3v) is 5.98. The first kappa shape index (κ1) is 26.3. The monoisotopic (exact) mass is 499 g/mol. The molecule has 1 unspecified atom stereocenters. The third-order valence-electron chi connectivity index (χ3n) is 4.81. The molecule has 32 heavy (non-hydrogen) atoms. The zero-order valence-electron chi connectivity index (χ0n) is 16.6. The Morgan fingerprint density at radius 3 is 2.19 bits per heavy atom. The fraction of sp³-hybridized carbons (Fsp3) is 0.667. The van der Waals surface area contributed by atoms with Gasteiger partial charge in [0, 0.05) is 4.88 Å². The number of carbonyl (C=O) groups excluding carboxylic acids is 2. The number of fused-ring (bicyclic) bond motifs is 1. The highest BCUT2D eigenvalue weighted by molar-refractivity contribution is 7.17. The van der Waals surface area contributed by atoms with Crippen LogP contribution < -0.4 is 5.32 Å². The predicted molar refractivity (Wildman–Crippen MR) is 95.6 cm³/mol. The molecule has 1 N–H and O–H groups in total. The number of carbonyl (C=O) groups is 2. The molecule has 1 aliphatic rings. The van der Waals surface area contributed by atoms with E-state index in [0.717, 1.165) is 0 Å². The van der Waals surface area contributed by atoms with Crippen LogP contribution in [0.3, 0.4) is 0 Å². The van der Waals surface area contributed by atoms with E-state index in [1.165, 1.54) is 5.32 Å². The Labute approximate surface area is 180 Å². The molecule has 182 valence electrons. The molecule has 0 saturated carbocycles. The van der Waals surface area contributed by atoms with Gasteiger partial charge in [0.25, 0.3) is 0 Å². The fourth-order valence-electron chi connectivity index (χ4n) is 3.02. The Morgan fingerprint density at radius 1 is 1.06 bits per heavy atom. The summed E-state index contributed by atoms with van der Waals surface area (Å²) in [7, 11) is 0. The first-order chi connectivity index (χ1) is 14.5. The molecule has 0 aliphatic heterocycles. The van der Waals surface area contributed by atoms with E-state index in [1.807, 2.05) is 6.92 Å². The van der Waals surface area contributed by atoms with Crippen molar-refractivity contribution in [2.45, 2.75) is 63.5 Å². The Hall–Kier alpha value is -1.99. The standard InChI is InChI=1S/C18H18F9NO3S/c1-3-6-31-13(29)11-9-5-4-8(2)7-10(9)32-12(11)28-14(30)15(19,20)16(21,22)17(23,24)18(25,26)27/h8H,3-7H2,1-2H3,(H,28,30). The number of alkyl halides is 9. The number of hydrogen-bond acceptors (Lipinski definition) is 4. The molecule has 0 radical (unpaired) electrons. The molecule has 1 amide bonds. The zero-order chi connectivity index (χ0) is 24.7. The summed E-state index contributed by atoms with van der Waals surface area (Å²) < 4.78 is 123. The molecule has 1 heterocycles. The maximum Gasteiger partial charge on any atom is 0.460 e. The number of ether oxygens (including phenoxy) is 1. The van der Waals surface area contributed by atoms with E-state index in [-0.39, 0.29) is 18.9 Å². The predicted octanol–water partition coefficient (Wildman–Crippen LogP) is 5.85. The van der Waals surface area contributed by atoms with Gasteiger partial charge >= 0.3 is 35.8 Å². The highest BCUT2D eigenvalue weighted by Gasteiger charge is 2.83. The van der Waals surface area contributed by atoms with Crippen molar-refractivity contribution >= 4 is 28.2 Å². The van der Waals surface area contributed by atoms with Crippen LogP contribution in [0.2, 0.25) is 0 Å². The molecule has 0 saturated heterocycles. The number of amides is 1. The van der Waals surface area contributed by atoms with Crippen LogP contribution in [0.4, 0.5) is 44.5 Å². The minimum atomic E-state index is -7.20. The number of thiophene rings is 1. The first-order valence-corrected chi connectivity index (χ1v) is 10.1. The molecule has 1 aromatic heterocycles. The second-order valence-corrected chi connectivity index (χ2v) is 8.47. The van der Waals surface area contributed by atoms with Gasteiger partial charge in [0.05, 0.1) is 12.2 Å². The number of hydrogen-bond donors (Lipinski definition) is 1. The highest BCUT2D eigenvalue weighted by atomic mass is 32.1. The fourth-order valence-corrected chi connectivity index (χ4v) is 4.41. The summed E-state index contributed by atoms with van der Waals surface area (Å²) >= 11 is 0.575. The molecule has 0 bridgehead atoms. The van der Waals surface area contributed by atoms with Gasteiger partial charge in [-0.1, -0.05) is 13.8 Å². The smallest absolute Gasteiger partial charge is 0.460 e. The molecule has 2 rings (SSSR count). The van der Waals surface area contributed by atoms with Crippen LogP contribution in [0, 0.1) is 5.92 Å². The summed E-state index contributed by atoms with van der Waals surface area (Å²) in [4.78, 5) is 24.7. The second kappa shape index (κ2) is 8.75. The average Bonchev–Trinajstić information content (AvgIpc) is 3.01. The highest BCUT2D eigenvalue weighted by Crippen LogP contribution is 2.53. The largest absolute Gasteiger partial charge is 0.462 e. The molecule has 1 aliphatic carbocycles. The van der Waals surface area contributed by atoms with Crippen LogP contribution in [0.1, 0.15) is 47.5 Å². The van der Waals surface area contributed by atoms with Crippen molar-refractivity contribution in [1.82, 2.24) is 0 Å². The van der Waals surface area contributed by atoms with Crippen LogP contribution >= 0.6 is 11.3 Å². The summed E-state index contributed by atoms with van der Waals surface area (Å²) in [6.07, 6.45) is -5.50. The Kier molecular flexibility index (Phi) is 7.18. The van der Waals surface area contributed by atoms with Gasteiger partial charge in [0.15, 0.2) is 0 Å². The SMILES string of the molecule is CCCOC(=O)c1c(NC(=O)C(F)(F)C(F)(F)C(F)(F)C(F)(F)F)sc2c1CCC(C)C2. The Balaban J connectivity index is 2.45. The topological polar surface area (TPSA) is 55.4 Å². The zero-order valence-corrected chi connectivity index (χ0v) is 17.5. The molecular weight excluding hydrogens is 481 g/mol. The average molecular weight is 499 g/mol. The number of anilines is 1. The van der Waals surface area contributed by atoms with E-state index in [9.17, 15) is 49.1 Å². The molecule has 0 spiro atoms.